The molecule has 14 heavy (non-hydrogen) atoms. The van der Waals surface area contributed by atoms with E-state index in [1.807, 2.05) is 23.6 Å². The minimum Gasteiger partial charge on any atom is -0.388 e. The molecule has 74 valence electrons. The van der Waals surface area contributed by atoms with Crippen LogP contribution >= 0.6 is 11.3 Å². The Morgan fingerprint density at radius 3 is 2.93 bits per heavy atom. The molecule has 0 saturated heterocycles. The normalized spacial score (nSPS) is 13.3. The Balaban J connectivity index is 2.42. The molecule has 0 bridgehead atoms. The molecule has 1 aromatic carbocycles. The average molecular weight is 207 g/mol. The van der Waals surface area contributed by atoms with Crippen molar-refractivity contribution in [1.82, 2.24) is 0 Å². The molecule has 3 heteroatoms. The summed E-state index contributed by atoms with van der Waals surface area (Å²) in [6.45, 7) is 0.519. The van der Waals surface area contributed by atoms with E-state index < -0.39 is 6.10 Å². The molecule has 2 aromatic rings. The summed E-state index contributed by atoms with van der Waals surface area (Å²) in [4.78, 5) is 0. The molecule has 1 aromatic heterocycles. The summed E-state index contributed by atoms with van der Waals surface area (Å²) in [6, 6.07) is 8.12. The molecule has 0 aliphatic carbocycles. The molecule has 0 saturated carbocycles. The van der Waals surface area contributed by atoms with E-state index in [0.717, 1.165) is 10.9 Å². The summed E-state index contributed by atoms with van der Waals surface area (Å²) in [5.74, 6) is 0. The number of aliphatic hydroxyl groups is 1. The van der Waals surface area contributed by atoms with Crippen LogP contribution in [-0.4, -0.2) is 11.7 Å². The van der Waals surface area contributed by atoms with Crippen LogP contribution in [0.1, 0.15) is 18.1 Å². The van der Waals surface area contributed by atoms with E-state index in [9.17, 15) is 5.11 Å². The third-order valence-corrected chi connectivity index (χ3v) is 3.29. The van der Waals surface area contributed by atoms with Gasteiger partial charge in [0.1, 0.15) is 0 Å². The first kappa shape index (κ1) is 9.65. The Hall–Kier alpha value is -0.900. The molecule has 0 aliphatic heterocycles. The van der Waals surface area contributed by atoms with E-state index in [1.165, 1.54) is 4.70 Å². The first-order chi connectivity index (χ1) is 6.83. The Kier molecular flexibility index (Phi) is 2.82. The molecule has 1 atom stereocenters. The second-order valence-corrected chi connectivity index (χ2v) is 4.19. The van der Waals surface area contributed by atoms with E-state index in [0.29, 0.717) is 13.0 Å². The lowest BCUT2D eigenvalue weighted by Gasteiger charge is -2.07. The van der Waals surface area contributed by atoms with Crippen molar-refractivity contribution in [2.24, 2.45) is 5.73 Å². The van der Waals surface area contributed by atoms with Gasteiger partial charge in [0.05, 0.1) is 6.10 Å². The van der Waals surface area contributed by atoms with Crippen molar-refractivity contribution in [2.75, 3.05) is 6.54 Å². The summed E-state index contributed by atoms with van der Waals surface area (Å²) in [6.07, 6.45) is 0.205. The van der Waals surface area contributed by atoms with Crippen LogP contribution in [-0.2, 0) is 0 Å². The zero-order valence-electron chi connectivity index (χ0n) is 7.81. The highest BCUT2D eigenvalue weighted by Gasteiger charge is 2.11. The number of aliphatic hydroxyl groups excluding tert-OH is 1. The van der Waals surface area contributed by atoms with E-state index in [-0.39, 0.29) is 0 Å². The van der Waals surface area contributed by atoms with Gasteiger partial charge in [0.2, 0.25) is 0 Å². The second kappa shape index (κ2) is 4.09. The molecule has 0 spiro atoms. The van der Waals surface area contributed by atoms with Crippen molar-refractivity contribution < 1.29 is 5.11 Å². The maximum atomic E-state index is 9.83. The van der Waals surface area contributed by atoms with Gasteiger partial charge in [-0.3, -0.25) is 0 Å². The van der Waals surface area contributed by atoms with Gasteiger partial charge in [0, 0.05) is 4.70 Å². The van der Waals surface area contributed by atoms with Crippen LogP contribution in [0.15, 0.2) is 29.6 Å². The van der Waals surface area contributed by atoms with Gasteiger partial charge in [0.25, 0.3) is 0 Å². The fourth-order valence-corrected chi connectivity index (χ4v) is 2.58. The average Bonchev–Trinajstić information content (AvgIpc) is 2.61. The van der Waals surface area contributed by atoms with Gasteiger partial charge in [-0.1, -0.05) is 18.2 Å². The van der Waals surface area contributed by atoms with Crippen LogP contribution in [0.5, 0.6) is 0 Å². The van der Waals surface area contributed by atoms with Crippen molar-refractivity contribution in [3.05, 3.63) is 35.2 Å². The van der Waals surface area contributed by atoms with Crippen molar-refractivity contribution in [1.29, 1.82) is 0 Å². The standard InChI is InChI=1S/C11H13NOS/c12-6-5-10(13)9-7-14-11-4-2-1-3-8(9)11/h1-4,7,10,13H,5-6,12H2/t10-/m0/s1. The zero-order chi connectivity index (χ0) is 9.97. The van der Waals surface area contributed by atoms with Crippen LogP contribution in [0.4, 0.5) is 0 Å². The Morgan fingerprint density at radius 1 is 1.36 bits per heavy atom. The Morgan fingerprint density at radius 2 is 2.14 bits per heavy atom. The summed E-state index contributed by atoms with van der Waals surface area (Å²) in [5, 5.41) is 13.0. The number of hydrogen-bond donors (Lipinski definition) is 2. The van der Waals surface area contributed by atoms with Crippen LogP contribution in [0.3, 0.4) is 0 Å². The minimum absolute atomic E-state index is 0.420. The summed E-state index contributed by atoms with van der Waals surface area (Å²) in [7, 11) is 0. The van der Waals surface area contributed by atoms with Crippen LogP contribution < -0.4 is 5.73 Å². The lowest BCUT2D eigenvalue weighted by molar-refractivity contribution is 0.172. The summed E-state index contributed by atoms with van der Waals surface area (Å²) < 4.78 is 1.22. The van der Waals surface area contributed by atoms with Gasteiger partial charge in [-0.2, -0.15) is 0 Å². The highest BCUT2D eigenvalue weighted by molar-refractivity contribution is 7.17. The van der Waals surface area contributed by atoms with Crippen molar-refractivity contribution in [3.63, 3.8) is 0 Å². The summed E-state index contributed by atoms with van der Waals surface area (Å²) >= 11 is 1.67. The molecule has 2 rings (SSSR count). The first-order valence-electron chi connectivity index (χ1n) is 4.67. The quantitative estimate of drug-likeness (QED) is 0.811. The number of hydrogen-bond acceptors (Lipinski definition) is 3. The lowest BCUT2D eigenvalue weighted by Crippen LogP contribution is -2.05. The highest BCUT2D eigenvalue weighted by Crippen LogP contribution is 2.31. The molecule has 0 amide bonds. The van der Waals surface area contributed by atoms with Crippen LogP contribution in [0.2, 0.25) is 0 Å². The van der Waals surface area contributed by atoms with Crippen molar-refractivity contribution in [2.45, 2.75) is 12.5 Å². The van der Waals surface area contributed by atoms with E-state index in [4.69, 9.17) is 5.73 Å². The van der Waals surface area contributed by atoms with Crippen LogP contribution in [0, 0.1) is 0 Å². The maximum Gasteiger partial charge on any atom is 0.0816 e. The maximum absolute atomic E-state index is 9.83. The predicted octanol–water partition coefficient (Wildman–Crippen LogP) is 2.28. The monoisotopic (exact) mass is 207 g/mol. The van der Waals surface area contributed by atoms with Gasteiger partial charge >= 0.3 is 0 Å². The number of rotatable bonds is 3. The smallest absolute Gasteiger partial charge is 0.0816 e. The van der Waals surface area contributed by atoms with Crippen molar-refractivity contribution in [3.8, 4) is 0 Å². The van der Waals surface area contributed by atoms with Crippen molar-refractivity contribution >= 4 is 21.4 Å². The molecule has 1 heterocycles. The first-order valence-corrected chi connectivity index (χ1v) is 5.55. The lowest BCUT2D eigenvalue weighted by atomic mass is 10.1. The van der Waals surface area contributed by atoms with Gasteiger partial charge in [-0.05, 0) is 35.4 Å². The van der Waals surface area contributed by atoms with Gasteiger partial charge in [0.15, 0.2) is 0 Å². The molecular weight excluding hydrogens is 194 g/mol. The Bertz CT molecular complexity index is 424. The highest BCUT2D eigenvalue weighted by atomic mass is 32.1. The molecule has 3 N–H and O–H groups in total. The summed E-state index contributed by atoms with van der Waals surface area (Å²) in [5.41, 5.74) is 6.43. The second-order valence-electron chi connectivity index (χ2n) is 3.28. The van der Waals surface area contributed by atoms with Gasteiger partial charge in [-0.25, -0.2) is 0 Å². The third kappa shape index (κ3) is 1.66. The number of fused-ring (bicyclic) bond motifs is 1. The SMILES string of the molecule is NCC[C@H](O)c1csc2ccccc12. The topological polar surface area (TPSA) is 46.2 Å². The van der Waals surface area contributed by atoms with E-state index >= 15 is 0 Å². The minimum atomic E-state index is -0.420. The predicted molar refractivity (Wildman–Crippen MR) is 60.5 cm³/mol. The molecule has 0 unspecified atom stereocenters. The van der Waals surface area contributed by atoms with E-state index in [1.54, 1.807) is 11.3 Å². The van der Waals surface area contributed by atoms with Crippen LogP contribution in [0.25, 0.3) is 10.1 Å². The fraction of sp³-hybridized carbons (Fsp3) is 0.273. The number of thiophene rings is 1. The molecular formula is C11H13NOS. The third-order valence-electron chi connectivity index (χ3n) is 2.31. The molecule has 0 radical (unpaired) electrons. The van der Waals surface area contributed by atoms with E-state index in [2.05, 4.69) is 6.07 Å². The largest absolute Gasteiger partial charge is 0.388 e. The number of benzene rings is 1. The molecule has 0 aliphatic rings. The molecule has 2 nitrogen and oxygen atoms in total. The van der Waals surface area contributed by atoms with Gasteiger partial charge < -0.3 is 10.8 Å². The molecule has 0 fully saturated rings. The van der Waals surface area contributed by atoms with Gasteiger partial charge in [-0.15, -0.1) is 11.3 Å². The Labute approximate surface area is 87.0 Å². The fourth-order valence-electron chi connectivity index (χ4n) is 1.57. The number of nitrogens with two attached hydrogens (primary N) is 1. The zero-order valence-corrected chi connectivity index (χ0v) is 8.63.